The van der Waals surface area contributed by atoms with Gasteiger partial charge in [0.2, 0.25) is 0 Å². The number of anilines is 2. The second kappa shape index (κ2) is 8.21. The van der Waals surface area contributed by atoms with Gasteiger partial charge in [0.05, 0.1) is 18.8 Å². The summed E-state index contributed by atoms with van der Waals surface area (Å²) in [6.45, 7) is 1.48. The van der Waals surface area contributed by atoms with Crippen molar-refractivity contribution in [1.82, 2.24) is 19.5 Å². The van der Waals surface area contributed by atoms with Crippen molar-refractivity contribution in [3.05, 3.63) is 53.9 Å². The summed E-state index contributed by atoms with van der Waals surface area (Å²) in [7, 11) is 0. The molecule has 0 unspecified atom stereocenters. The highest BCUT2D eigenvalue weighted by atomic mass is 32.1. The number of nitrogens with two attached hydrogens (primary N) is 1. The molecule has 3 atom stereocenters. The molecular formula is C21H22F3N7S. The number of halogens is 3. The summed E-state index contributed by atoms with van der Waals surface area (Å²) in [5.74, 6) is -0.689. The van der Waals surface area contributed by atoms with E-state index in [9.17, 15) is 13.2 Å². The summed E-state index contributed by atoms with van der Waals surface area (Å²) in [6.07, 6.45) is 3.05. The van der Waals surface area contributed by atoms with Gasteiger partial charge >= 0.3 is 0 Å². The minimum atomic E-state index is -1.19. The lowest BCUT2D eigenvalue weighted by Crippen LogP contribution is -2.35. The summed E-state index contributed by atoms with van der Waals surface area (Å²) in [6, 6.07) is 4.35. The summed E-state index contributed by atoms with van der Waals surface area (Å²) in [4.78, 5) is 8.31. The molecule has 7 nitrogen and oxygen atoms in total. The third kappa shape index (κ3) is 3.86. The minimum Gasteiger partial charge on any atom is -0.347 e. The molecule has 0 saturated carbocycles. The Morgan fingerprint density at radius 1 is 1.22 bits per heavy atom. The summed E-state index contributed by atoms with van der Waals surface area (Å²) in [5, 5.41) is 7.98. The van der Waals surface area contributed by atoms with Crippen LogP contribution >= 0.6 is 12.2 Å². The molecule has 2 aliphatic rings. The van der Waals surface area contributed by atoms with Crippen LogP contribution in [-0.4, -0.2) is 56.5 Å². The molecule has 5 rings (SSSR count). The van der Waals surface area contributed by atoms with Crippen LogP contribution in [0, 0.1) is 11.6 Å². The number of hydrogen-bond donors (Lipinski definition) is 2. The van der Waals surface area contributed by atoms with E-state index in [2.05, 4.69) is 15.4 Å². The molecule has 0 radical (unpaired) electrons. The molecule has 0 aliphatic carbocycles. The largest absolute Gasteiger partial charge is 0.347 e. The number of hydrogen-bond acceptors (Lipinski definition) is 5. The maximum Gasteiger partial charge on any atom is 0.180 e. The fourth-order valence-corrected chi connectivity index (χ4v) is 4.65. The van der Waals surface area contributed by atoms with Gasteiger partial charge in [-0.05, 0) is 42.9 Å². The summed E-state index contributed by atoms with van der Waals surface area (Å²) >= 11 is 5.50. The number of benzene rings is 1. The number of rotatable bonds is 3. The van der Waals surface area contributed by atoms with Crippen molar-refractivity contribution in [2.45, 2.75) is 31.1 Å². The molecule has 2 fully saturated rings. The Kier molecular flexibility index (Phi) is 5.38. The molecule has 0 spiro atoms. The van der Waals surface area contributed by atoms with Crippen LogP contribution < -0.4 is 16.0 Å². The van der Waals surface area contributed by atoms with Gasteiger partial charge in [0.1, 0.15) is 29.3 Å². The third-order valence-corrected chi connectivity index (χ3v) is 6.33. The predicted octanol–water partition coefficient (Wildman–Crippen LogP) is 3.03. The van der Waals surface area contributed by atoms with Gasteiger partial charge in [-0.2, -0.15) is 5.10 Å². The normalized spacial score (nSPS) is 23.3. The predicted molar refractivity (Wildman–Crippen MR) is 119 cm³/mol. The topological polar surface area (TPSA) is 74.7 Å². The minimum absolute atomic E-state index is 0.0325. The smallest absolute Gasteiger partial charge is 0.180 e. The first-order chi connectivity index (χ1) is 15.4. The number of nitrogens with zero attached hydrogens (tertiary/aromatic N) is 5. The molecule has 2 aromatic heterocycles. The number of likely N-dealkylation sites (tertiary alicyclic amines) is 1. The lowest BCUT2D eigenvalue weighted by Gasteiger charge is -2.26. The van der Waals surface area contributed by atoms with E-state index >= 15 is 0 Å². The first-order valence-electron chi connectivity index (χ1n) is 10.4. The number of thiocarbonyl (C=S) groups is 1. The van der Waals surface area contributed by atoms with E-state index in [0.29, 0.717) is 28.8 Å². The van der Waals surface area contributed by atoms with Gasteiger partial charge in [-0.1, -0.05) is 0 Å². The van der Waals surface area contributed by atoms with Crippen molar-refractivity contribution in [3.8, 4) is 0 Å². The first kappa shape index (κ1) is 21.0. The van der Waals surface area contributed by atoms with Crippen LogP contribution in [0.1, 0.15) is 24.4 Å². The van der Waals surface area contributed by atoms with E-state index in [0.717, 1.165) is 31.2 Å². The number of alkyl halides is 1. The van der Waals surface area contributed by atoms with Gasteiger partial charge in [0.15, 0.2) is 10.8 Å². The maximum absolute atomic E-state index is 14.4. The number of fused-ring (bicyclic) bond motifs is 1. The van der Waals surface area contributed by atoms with Crippen LogP contribution in [0.4, 0.5) is 24.7 Å². The molecule has 168 valence electrons. The number of aromatic nitrogens is 3. The van der Waals surface area contributed by atoms with Gasteiger partial charge in [0.25, 0.3) is 0 Å². The van der Waals surface area contributed by atoms with Gasteiger partial charge < -0.3 is 20.9 Å². The monoisotopic (exact) mass is 461 g/mol. The van der Waals surface area contributed by atoms with Crippen molar-refractivity contribution >= 4 is 34.5 Å². The van der Waals surface area contributed by atoms with E-state index in [4.69, 9.17) is 18.0 Å². The highest BCUT2D eigenvalue weighted by molar-refractivity contribution is 7.80. The Balaban J connectivity index is 1.45. The Labute approximate surface area is 188 Å². The molecule has 4 heterocycles. The fraction of sp³-hybridized carbons (Fsp3) is 0.381. The molecule has 2 saturated heterocycles. The van der Waals surface area contributed by atoms with Crippen molar-refractivity contribution in [3.63, 3.8) is 0 Å². The second-order valence-electron chi connectivity index (χ2n) is 8.20. The molecule has 0 bridgehead atoms. The Hall–Kier alpha value is -2.92. The molecule has 0 amide bonds. The van der Waals surface area contributed by atoms with Crippen molar-refractivity contribution in [1.29, 1.82) is 0 Å². The Morgan fingerprint density at radius 3 is 2.84 bits per heavy atom. The maximum atomic E-state index is 14.4. The summed E-state index contributed by atoms with van der Waals surface area (Å²) in [5.41, 5.74) is 7.17. The molecule has 3 N–H and O–H groups in total. The molecule has 3 aromatic rings. The number of nitrogens with one attached hydrogen (secondary N) is 1. The van der Waals surface area contributed by atoms with Gasteiger partial charge in [-0.3, -0.25) is 0 Å². The molecule has 1 aromatic carbocycles. The van der Waals surface area contributed by atoms with Gasteiger partial charge in [-0.15, -0.1) is 0 Å². The zero-order valence-corrected chi connectivity index (χ0v) is 17.9. The average Bonchev–Trinajstić information content (AvgIpc) is 3.48. The standard InChI is InChI=1S/C21H22F3N7S/c22-12-1-2-16(24)15(7-12)18-8-13(23)10-30(18)19-4-6-31-20(28-19)17(9-26-31)27-21(32)29-5-3-14(25)11-29/h1-2,4,6-7,9,13-14,18H,3,5,8,10-11,25H2,(H,27,32)/t13-,14+,18+/m0/s1. The summed E-state index contributed by atoms with van der Waals surface area (Å²) < 4.78 is 44.2. The van der Waals surface area contributed by atoms with E-state index in [1.54, 1.807) is 27.9 Å². The van der Waals surface area contributed by atoms with Crippen LogP contribution in [0.25, 0.3) is 5.65 Å². The quantitative estimate of drug-likeness (QED) is 0.581. The average molecular weight is 462 g/mol. The highest BCUT2D eigenvalue weighted by Gasteiger charge is 2.36. The lowest BCUT2D eigenvalue weighted by molar-refractivity contribution is 0.355. The second-order valence-corrected chi connectivity index (χ2v) is 8.59. The Morgan fingerprint density at radius 2 is 2.06 bits per heavy atom. The van der Waals surface area contributed by atoms with E-state index in [1.165, 1.54) is 0 Å². The van der Waals surface area contributed by atoms with E-state index in [1.807, 2.05) is 4.90 Å². The molecule has 11 heteroatoms. The first-order valence-corrected chi connectivity index (χ1v) is 10.8. The van der Waals surface area contributed by atoms with Crippen molar-refractivity contribution in [2.75, 3.05) is 29.9 Å². The molecular weight excluding hydrogens is 439 g/mol. The van der Waals surface area contributed by atoms with Crippen LogP contribution in [0.2, 0.25) is 0 Å². The Bertz CT molecular complexity index is 1170. The lowest BCUT2D eigenvalue weighted by atomic mass is 10.0. The zero-order valence-electron chi connectivity index (χ0n) is 17.1. The van der Waals surface area contributed by atoms with Crippen LogP contribution in [0.3, 0.4) is 0 Å². The third-order valence-electron chi connectivity index (χ3n) is 5.97. The highest BCUT2D eigenvalue weighted by Crippen LogP contribution is 2.38. The van der Waals surface area contributed by atoms with Gasteiger partial charge in [-0.25, -0.2) is 22.7 Å². The van der Waals surface area contributed by atoms with Crippen LogP contribution in [0.15, 0.2) is 36.7 Å². The fourth-order valence-electron chi connectivity index (χ4n) is 4.38. The van der Waals surface area contributed by atoms with Crippen LogP contribution in [0.5, 0.6) is 0 Å². The van der Waals surface area contributed by atoms with Crippen molar-refractivity contribution in [2.24, 2.45) is 5.73 Å². The SMILES string of the molecule is N[C@@H]1CCN(C(=S)Nc2cnn3ccc(N4C[C@@H](F)C[C@@H]4c4cc(F)ccc4F)nc23)C1. The van der Waals surface area contributed by atoms with Crippen molar-refractivity contribution < 1.29 is 13.2 Å². The van der Waals surface area contributed by atoms with Gasteiger partial charge in [0, 0.05) is 37.3 Å². The zero-order chi connectivity index (χ0) is 22.4. The van der Waals surface area contributed by atoms with E-state index < -0.39 is 23.8 Å². The van der Waals surface area contributed by atoms with Crippen LogP contribution in [-0.2, 0) is 0 Å². The van der Waals surface area contributed by atoms with E-state index in [-0.39, 0.29) is 24.6 Å². The molecule has 32 heavy (non-hydrogen) atoms. The molecule has 2 aliphatic heterocycles.